The first-order valence-electron chi connectivity index (χ1n) is 11.4. The van der Waals surface area contributed by atoms with E-state index in [0.717, 1.165) is 10.5 Å². The van der Waals surface area contributed by atoms with Crippen LogP contribution in [-0.2, 0) is 16.2 Å². The first-order chi connectivity index (χ1) is 17.8. The summed E-state index contributed by atoms with van der Waals surface area (Å²) in [5, 5.41) is 13.0. The minimum absolute atomic E-state index is 0.0138. The van der Waals surface area contributed by atoms with Crippen molar-refractivity contribution in [3.05, 3.63) is 99.1 Å². The average Bonchev–Trinajstić information content (AvgIpc) is 2.87. The standard InChI is InChI=1S/C27H23N3O7/c1-3-36-24-15-19(10-13-23(24)37-16-18-8-11-20(12-9-18)30(34)35)14-21-25(31)28-27(33)29(26(21)32)22-7-5-4-6-17(22)2/h4-15H,3,16H2,1-2H3,(H,28,31,33)/b21-14+. The summed E-state index contributed by atoms with van der Waals surface area (Å²) in [6.07, 6.45) is 1.39. The summed E-state index contributed by atoms with van der Waals surface area (Å²) in [6.45, 7) is 4.05. The smallest absolute Gasteiger partial charge is 0.335 e. The van der Waals surface area contributed by atoms with Gasteiger partial charge in [0.25, 0.3) is 17.5 Å². The third-order valence-electron chi connectivity index (χ3n) is 5.58. The van der Waals surface area contributed by atoms with Crippen LogP contribution in [0.15, 0.2) is 72.3 Å². The highest BCUT2D eigenvalue weighted by atomic mass is 16.6. The van der Waals surface area contributed by atoms with Gasteiger partial charge in [0.05, 0.1) is 17.2 Å². The molecule has 4 amide bonds. The Labute approximate surface area is 212 Å². The molecule has 1 heterocycles. The fourth-order valence-corrected chi connectivity index (χ4v) is 3.73. The van der Waals surface area contributed by atoms with Crippen molar-refractivity contribution < 1.29 is 28.8 Å². The molecule has 0 atom stereocenters. The molecule has 1 aliphatic heterocycles. The third kappa shape index (κ3) is 5.48. The summed E-state index contributed by atoms with van der Waals surface area (Å²) in [5.74, 6) is -0.733. The quantitative estimate of drug-likeness (QED) is 0.208. The Morgan fingerprint density at radius 2 is 1.70 bits per heavy atom. The normalized spacial score (nSPS) is 14.5. The fraction of sp³-hybridized carbons (Fsp3) is 0.148. The zero-order valence-corrected chi connectivity index (χ0v) is 20.1. The van der Waals surface area contributed by atoms with Crippen LogP contribution in [0.25, 0.3) is 6.08 Å². The van der Waals surface area contributed by atoms with Crippen molar-refractivity contribution in [2.24, 2.45) is 0 Å². The number of hydrogen-bond donors (Lipinski definition) is 1. The minimum Gasteiger partial charge on any atom is -0.490 e. The van der Waals surface area contributed by atoms with Crippen molar-refractivity contribution in [2.75, 3.05) is 11.5 Å². The van der Waals surface area contributed by atoms with Crippen molar-refractivity contribution in [1.82, 2.24) is 5.32 Å². The molecule has 0 aliphatic carbocycles. The Hall–Kier alpha value is -4.99. The molecule has 4 rings (SSSR count). The highest BCUT2D eigenvalue weighted by Gasteiger charge is 2.37. The van der Waals surface area contributed by atoms with E-state index in [2.05, 4.69) is 5.32 Å². The molecule has 37 heavy (non-hydrogen) atoms. The number of carbonyl (C=O) groups excluding carboxylic acids is 3. The van der Waals surface area contributed by atoms with Gasteiger partial charge in [-0.05, 0) is 66.9 Å². The lowest BCUT2D eigenvalue weighted by atomic mass is 10.1. The predicted molar refractivity (Wildman–Crippen MR) is 135 cm³/mol. The zero-order valence-electron chi connectivity index (χ0n) is 20.1. The van der Waals surface area contributed by atoms with Gasteiger partial charge in [-0.15, -0.1) is 0 Å². The molecule has 0 radical (unpaired) electrons. The Morgan fingerprint density at radius 3 is 2.38 bits per heavy atom. The summed E-state index contributed by atoms with van der Waals surface area (Å²) >= 11 is 0. The highest BCUT2D eigenvalue weighted by molar-refractivity contribution is 6.39. The van der Waals surface area contributed by atoms with Crippen LogP contribution in [0.2, 0.25) is 0 Å². The molecule has 3 aromatic rings. The number of nitrogens with one attached hydrogen (secondary N) is 1. The topological polar surface area (TPSA) is 128 Å². The van der Waals surface area contributed by atoms with Gasteiger partial charge in [0.1, 0.15) is 12.2 Å². The van der Waals surface area contributed by atoms with E-state index in [1.54, 1.807) is 68.4 Å². The van der Waals surface area contributed by atoms with Crippen LogP contribution in [0, 0.1) is 17.0 Å². The van der Waals surface area contributed by atoms with Gasteiger partial charge in [-0.2, -0.15) is 0 Å². The molecular weight excluding hydrogens is 478 g/mol. The van der Waals surface area contributed by atoms with Gasteiger partial charge < -0.3 is 9.47 Å². The maximum Gasteiger partial charge on any atom is 0.335 e. The van der Waals surface area contributed by atoms with E-state index in [1.807, 2.05) is 0 Å². The van der Waals surface area contributed by atoms with Crippen molar-refractivity contribution in [3.8, 4) is 11.5 Å². The minimum atomic E-state index is -0.813. The first kappa shape index (κ1) is 25.1. The van der Waals surface area contributed by atoms with Gasteiger partial charge >= 0.3 is 6.03 Å². The van der Waals surface area contributed by atoms with Crippen molar-refractivity contribution in [1.29, 1.82) is 0 Å². The number of anilines is 1. The number of aryl methyl sites for hydroxylation is 1. The number of rotatable bonds is 8. The molecule has 0 saturated carbocycles. The number of ether oxygens (including phenoxy) is 2. The summed E-state index contributed by atoms with van der Waals surface area (Å²) in [7, 11) is 0. The lowest BCUT2D eigenvalue weighted by molar-refractivity contribution is -0.384. The molecule has 1 aliphatic rings. The molecule has 1 N–H and O–H groups in total. The average molecular weight is 501 g/mol. The number of imide groups is 2. The Bertz CT molecular complexity index is 1410. The van der Waals surface area contributed by atoms with Crippen LogP contribution in [-0.4, -0.2) is 29.4 Å². The van der Waals surface area contributed by atoms with Crippen LogP contribution in [0.1, 0.15) is 23.6 Å². The number of barbiturate groups is 1. The van der Waals surface area contributed by atoms with Crippen molar-refractivity contribution in [3.63, 3.8) is 0 Å². The second kappa shape index (κ2) is 10.7. The van der Waals surface area contributed by atoms with Crippen LogP contribution in [0.5, 0.6) is 11.5 Å². The van der Waals surface area contributed by atoms with Crippen LogP contribution in [0.4, 0.5) is 16.2 Å². The van der Waals surface area contributed by atoms with Gasteiger partial charge in [0.15, 0.2) is 11.5 Å². The van der Waals surface area contributed by atoms with E-state index in [-0.39, 0.29) is 17.9 Å². The number of nitro groups is 1. The highest BCUT2D eigenvalue weighted by Crippen LogP contribution is 2.31. The predicted octanol–water partition coefficient (Wildman–Crippen LogP) is 4.55. The summed E-state index contributed by atoms with van der Waals surface area (Å²) in [4.78, 5) is 49.5. The molecular formula is C27H23N3O7. The lowest BCUT2D eigenvalue weighted by Gasteiger charge is -2.27. The molecule has 10 nitrogen and oxygen atoms in total. The maximum absolute atomic E-state index is 13.2. The number of benzene rings is 3. The first-order valence-corrected chi connectivity index (χ1v) is 11.4. The second-order valence-electron chi connectivity index (χ2n) is 8.10. The number of para-hydroxylation sites is 1. The van der Waals surface area contributed by atoms with E-state index in [9.17, 15) is 24.5 Å². The second-order valence-corrected chi connectivity index (χ2v) is 8.10. The number of non-ortho nitro benzene ring substituents is 1. The van der Waals surface area contributed by atoms with Crippen LogP contribution >= 0.6 is 0 Å². The number of urea groups is 1. The Morgan fingerprint density at radius 1 is 0.973 bits per heavy atom. The number of hydrogen-bond acceptors (Lipinski definition) is 7. The number of nitro benzene ring substituents is 1. The van der Waals surface area contributed by atoms with Gasteiger partial charge in [-0.25, -0.2) is 9.69 Å². The SMILES string of the molecule is CCOc1cc(/C=C2\C(=O)NC(=O)N(c3ccccc3C)C2=O)ccc1OCc1ccc([N+](=O)[O-])cc1. The van der Waals surface area contributed by atoms with E-state index in [1.165, 1.54) is 18.2 Å². The number of amides is 4. The van der Waals surface area contributed by atoms with Crippen LogP contribution in [0.3, 0.4) is 0 Å². The lowest BCUT2D eigenvalue weighted by Crippen LogP contribution is -2.54. The van der Waals surface area contributed by atoms with E-state index < -0.39 is 22.8 Å². The molecule has 0 unspecified atom stereocenters. The number of carbonyl (C=O) groups is 3. The van der Waals surface area contributed by atoms with Crippen LogP contribution < -0.4 is 19.7 Å². The maximum atomic E-state index is 13.2. The third-order valence-corrected chi connectivity index (χ3v) is 5.58. The summed E-state index contributed by atoms with van der Waals surface area (Å²) < 4.78 is 11.5. The van der Waals surface area contributed by atoms with E-state index in [4.69, 9.17) is 9.47 Å². The Kier molecular flexibility index (Phi) is 7.28. The van der Waals surface area contributed by atoms with Gasteiger partial charge in [0, 0.05) is 12.1 Å². The van der Waals surface area contributed by atoms with Crippen molar-refractivity contribution in [2.45, 2.75) is 20.5 Å². The van der Waals surface area contributed by atoms with E-state index in [0.29, 0.717) is 34.9 Å². The van der Waals surface area contributed by atoms with Gasteiger partial charge in [0.2, 0.25) is 0 Å². The van der Waals surface area contributed by atoms with Gasteiger partial charge in [-0.3, -0.25) is 25.0 Å². The summed E-state index contributed by atoms with van der Waals surface area (Å²) in [5.41, 5.74) is 2.08. The molecule has 10 heteroatoms. The largest absolute Gasteiger partial charge is 0.490 e. The fourth-order valence-electron chi connectivity index (χ4n) is 3.73. The molecule has 0 bridgehead atoms. The Balaban J connectivity index is 1.59. The molecule has 3 aromatic carbocycles. The monoisotopic (exact) mass is 501 g/mol. The van der Waals surface area contributed by atoms with Crippen molar-refractivity contribution >= 4 is 35.3 Å². The zero-order chi connectivity index (χ0) is 26.5. The molecule has 0 spiro atoms. The molecule has 188 valence electrons. The summed E-state index contributed by atoms with van der Waals surface area (Å²) in [6, 6.07) is 17.0. The molecule has 1 fully saturated rings. The molecule has 1 saturated heterocycles. The van der Waals surface area contributed by atoms with Gasteiger partial charge in [-0.1, -0.05) is 24.3 Å². The van der Waals surface area contributed by atoms with E-state index >= 15 is 0 Å². The molecule has 0 aromatic heterocycles. The number of nitrogens with zero attached hydrogens (tertiary/aromatic N) is 2.